The van der Waals surface area contributed by atoms with Crippen LogP contribution in [0.15, 0.2) is 59.5 Å². The number of hydrogen-bond acceptors (Lipinski definition) is 2. The van der Waals surface area contributed by atoms with Crippen molar-refractivity contribution in [1.82, 2.24) is 0 Å². The van der Waals surface area contributed by atoms with Crippen LogP contribution >= 0.6 is 11.6 Å². The van der Waals surface area contributed by atoms with Crippen molar-refractivity contribution in [2.24, 2.45) is 0 Å². The molecule has 1 unspecified atom stereocenters. The van der Waals surface area contributed by atoms with E-state index in [0.29, 0.717) is 23.1 Å². The van der Waals surface area contributed by atoms with Gasteiger partial charge in [-0.1, -0.05) is 23.7 Å². The first-order valence-corrected chi connectivity index (χ1v) is 10.4. The Bertz CT molecular complexity index is 1180. The van der Waals surface area contributed by atoms with Gasteiger partial charge < -0.3 is 4.74 Å². The standard InChI is InChI=1S/C21H13ClF5NO2S/c22-20-16(10-14(23)11-17(20)24)12-4-5-19-18(8-12)28(6-7-30-19)31(29)15-3-1-2-13(9-15)21(25,26)27/h1-5,8-11H,6-7H2. The molecule has 1 aliphatic rings. The largest absolute Gasteiger partial charge is 0.489 e. The molecule has 1 aliphatic heterocycles. The van der Waals surface area contributed by atoms with E-state index in [-0.39, 0.29) is 28.6 Å². The number of halogens is 6. The van der Waals surface area contributed by atoms with Crippen LogP contribution in [0.3, 0.4) is 0 Å². The first-order chi connectivity index (χ1) is 14.6. The Morgan fingerprint density at radius 1 is 1.03 bits per heavy atom. The van der Waals surface area contributed by atoms with Crippen molar-refractivity contribution in [3.63, 3.8) is 0 Å². The Labute approximate surface area is 181 Å². The van der Waals surface area contributed by atoms with Crippen molar-refractivity contribution in [3.8, 4) is 16.9 Å². The number of hydrogen-bond donors (Lipinski definition) is 0. The lowest BCUT2D eigenvalue weighted by Crippen LogP contribution is -2.34. The highest BCUT2D eigenvalue weighted by Crippen LogP contribution is 2.40. The molecule has 3 aromatic rings. The molecule has 0 N–H and O–H groups in total. The summed E-state index contributed by atoms with van der Waals surface area (Å²) in [5.41, 5.74) is -0.195. The topological polar surface area (TPSA) is 29.5 Å². The summed E-state index contributed by atoms with van der Waals surface area (Å²) in [5.74, 6) is -1.42. The van der Waals surface area contributed by atoms with Crippen molar-refractivity contribution in [3.05, 3.63) is 76.8 Å². The van der Waals surface area contributed by atoms with Crippen molar-refractivity contribution in [2.75, 3.05) is 17.5 Å². The number of rotatable bonds is 3. The molecule has 1 atom stereocenters. The molecule has 0 amide bonds. The minimum Gasteiger partial charge on any atom is -0.489 e. The van der Waals surface area contributed by atoms with Gasteiger partial charge in [-0.15, -0.1) is 0 Å². The molecule has 0 aromatic heterocycles. The zero-order chi connectivity index (χ0) is 22.3. The van der Waals surface area contributed by atoms with E-state index in [2.05, 4.69) is 0 Å². The molecule has 162 valence electrons. The summed E-state index contributed by atoms with van der Waals surface area (Å²) < 4.78 is 86.8. The van der Waals surface area contributed by atoms with E-state index in [0.717, 1.165) is 18.2 Å². The number of ether oxygens (including phenoxy) is 1. The number of benzene rings is 3. The smallest absolute Gasteiger partial charge is 0.416 e. The predicted molar refractivity (Wildman–Crippen MR) is 107 cm³/mol. The number of anilines is 1. The van der Waals surface area contributed by atoms with E-state index in [1.807, 2.05) is 0 Å². The summed E-state index contributed by atoms with van der Waals surface area (Å²) in [5, 5.41) is -0.288. The predicted octanol–water partition coefficient (Wildman–Crippen LogP) is 6.23. The van der Waals surface area contributed by atoms with Gasteiger partial charge in [0, 0.05) is 11.6 Å². The Morgan fingerprint density at radius 3 is 2.55 bits per heavy atom. The third-order valence-electron chi connectivity index (χ3n) is 4.65. The van der Waals surface area contributed by atoms with Crippen LogP contribution in [0.5, 0.6) is 5.75 Å². The Kier molecular flexibility index (Phi) is 5.65. The Balaban J connectivity index is 1.76. The zero-order valence-electron chi connectivity index (χ0n) is 15.6. The fourth-order valence-corrected chi connectivity index (χ4v) is 4.66. The van der Waals surface area contributed by atoms with Crippen molar-refractivity contribution in [2.45, 2.75) is 11.1 Å². The molecule has 0 radical (unpaired) electrons. The van der Waals surface area contributed by atoms with Gasteiger partial charge in [0.25, 0.3) is 0 Å². The van der Waals surface area contributed by atoms with E-state index in [1.165, 1.54) is 34.6 Å². The van der Waals surface area contributed by atoms with Gasteiger partial charge in [-0.05, 0) is 42.0 Å². The van der Waals surface area contributed by atoms with E-state index in [9.17, 15) is 26.2 Å². The van der Waals surface area contributed by atoms with E-state index >= 15 is 0 Å². The highest BCUT2D eigenvalue weighted by molar-refractivity contribution is 7.86. The number of alkyl halides is 3. The molecule has 0 saturated carbocycles. The second-order valence-electron chi connectivity index (χ2n) is 6.66. The first-order valence-electron chi connectivity index (χ1n) is 8.93. The number of fused-ring (bicyclic) bond motifs is 1. The molecule has 0 bridgehead atoms. The Morgan fingerprint density at radius 2 is 1.81 bits per heavy atom. The summed E-state index contributed by atoms with van der Waals surface area (Å²) in [6.45, 7) is 0.289. The van der Waals surface area contributed by atoms with Crippen LogP contribution in [0, 0.1) is 11.6 Å². The summed E-state index contributed by atoms with van der Waals surface area (Å²) in [6, 6.07) is 10.5. The summed E-state index contributed by atoms with van der Waals surface area (Å²) in [7, 11) is -1.98. The molecule has 4 rings (SSSR count). The van der Waals surface area contributed by atoms with Crippen LogP contribution in [0.1, 0.15) is 5.56 Å². The fourth-order valence-electron chi connectivity index (χ4n) is 3.21. The lowest BCUT2D eigenvalue weighted by molar-refractivity contribution is -0.137. The maximum atomic E-state index is 13.9. The van der Waals surface area contributed by atoms with Gasteiger partial charge in [-0.25, -0.2) is 13.0 Å². The molecule has 0 saturated heterocycles. The van der Waals surface area contributed by atoms with Crippen LogP contribution in [0.25, 0.3) is 11.1 Å². The van der Waals surface area contributed by atoms with Gasteiger partial charge in [0.15, 0.2) is 11.0 Å². The van der Waals surface area contributed by atoms with Gasteiger partial charge in [0.2, 0.25) is 0 Å². The molecule has 0 spiro atoms. The zero-order valence-corrected chi connectivity index (χ0v) is 17.1. The SMILES string of the molecule is O=S(c1cccc(C(F)(F)F)c1)N1CCOc2ccc(-c3cc(F)cc(F)c3Cl)cc21. The van der Waals surface area contributed by atoms with E-state index in [1.54, 1.807) is 0 Å². The molecular weight excluding hydrogens is 461 g/mol. The van der Waals surface area contributed by atoms with Crippen LogP contribution in [-0.4, -0.2) is 17.4 Å². The van der Waals surface area contributed by atoms with Gasteiger partial charge in [0.05, 0.1) is 27.7 Å². The van der Waals surface area contributed by atoms with Crippen molar-refractivity contribution >= 4 is 28.3 Å². The third kappa shape index (κ3) is 4.24. The average molecular weight is 474 g/mol. The van der Waals surface area contributed by atoms with E-state index < -0.39 is 34.4 Å². The molecule has 0 aliphatic carbocycles. The maximum absolute atomic E-state index is 13.9. The second-order valence-corrected chi connectivity index (χ2v) is 8.45. The van der Waals surface area contributed by atoms with Gasteiger partial charge in [-0.3, -0.25) is 4.31 Å². The monoisotopic (exact) mass is 473 g/mol. The highest BCUT2D eigenvalue weighted by atomic mass is 35.5. The molecule has 1 heterocycles. The van der Waals surface area contributed by atoms with Gasteiger partial charge in [-0.2, -0.15) is 13.2 Å². The van der Waals surface area contributed by atoms with Crippen LogP contribution < -0.4 is 9.04 Å². The summed E-state index contributed by atoms with van der Waals surface area (Å²) >= 11 is 5.98. The average Bonchev–Trinajstić information content (AvgIpc) is 2.74. The lowest BCUT2D eigenvalue weighted by atomic mass is 10.0. The summed E-state index contributed by atoms with van der Waals surface area (Å²) in [6.07, 6.45) is -4.57. The molecule has 3 nitrogen and oxygen atoms in total. The minimum absolute atomic E-state index is 0.0390. The van der Waals surface area contributed by atoms with Crippen LogP contribution in [-0.2, 0) is 17.2 Å². The third-order valence-corrected chi connectivity index (χ3v) is 6.47. The van der Waals surface area contributed by atoms with Crippen LogP contribution in [0.2, 0.25) is 5.02 Å². The molecular formula is C21H13ClF5NO2S. The van der Waals surface area contributed by atoms with Crippen molar-refractivity contribution in [1.29, 1.82) is 0 Å². The molecule has 31 heavy (non-hydrogen) atoms. The van der Waals surface area contributed by atoms with Crippen LogP contribution in [0.4, 0.5) is 27.6 Å². The summed E-state index contributed by atoms with van der Waals surface area (Å²) in [4.78, 5) is -0.0390. The Hall–Kier alpha value is -2.65. The first kappa shape index (κ1) is 21.6. The normalized spacial score (nSPS) is 14.7. The lowest BCUT2D eigenvalue weighted by Gasteiger charge is -2.30. The molecule has 3 aromatic carbocycles. The maximum Gasteiger partial charge on any atom is 0.416 e. The molecule has 10 heteroatoms. The van der Waals surface area contributed by atoms with Gasteiger partial charge in [0.1, 0.15) is 24.0 Å². The molecule has 0 fully saturated rings. The number of nitrogens with zero attached hydrogens (tertiary/aromatic N) is 1. The highest BCUT2D eigenvalue weighted by Gasteiger charge is 2.32. The minimum atomic E-state index is -4.57. The fraction of sp³-hybridized carbons (Fsp3) is 0.143. The van der Waals surface area contributed by atoms with Crippen molar-refractivity contribution < 1.29 is 30.9 Å². The van der Waals surface area contributed by atoms with Gasteiger partial charge >= 0.3 is 6.18 Å². The second kappa shape index (κ2) is 8.12. The van der Waals surface area contributed by atoms with E-state index in [4.69, 9.17) is 16.3 Å². The quantitative estimate of drug-likeness (QED) is 0.333.